The quantitative estimate of drug-likeness (QED) is 0.495. The summed E-state index contributed by atoms with van der Waals surface area (Å²) in [4.78, 5) is 21.8. The van der Waals surface area contributed by atoms with Gasteiger partial charge in [0.05, 0.1) is 26.4 Å². The average molecular weight is 249 g/mol. The lowest BCUT2D eigenvalue weighted by Gasteiger charge is -2.11. The van der Waals surface area contributed by atoms with Crippen molar-refractivity contribution >= 4 is 11.9 Å². The van der Waals surface area contributed by atoms with Crippen LogP contribution in [-0.4, -0.2) is 63.7 Å². The molecule has 0 aromatic rings. The molecule has 0 heterocycles. The largest absolute Gasteiger partial charge is 0.479 e. The highest BCUT2D eigenvalue weighted by atomic mass is 16.5. The Morgan fingerprint density at radius 1 is 1.24 bits per heavy atom. The molecule has 0 aliphatic carbocycles. The van der Waals surface area contributed by atoms with Crippen molar-refractivity contribution in [3.8, 4) is 0 Å². The number of methoxy groups -OCH3 is 2. The molecule has 7 nitrogen and oxygen atoms in total. The molecule has 2 N–H and O–H groups in total. The minimum Gasteiger partial charge on any atom is -0.479 e. The first-order valence-corrected chi connectivity index (χ1v) is 5.20. The lowest BCUT2D eigenvalue weighted by Crippen LogP contribution is -2.38. The first-order valence-electron chi connectivity index (χ1n) is 5.20. The van der Waals surface area contributed by atoms with Crippen molar-refractivity contribution in [3.63, 3.8) is 0 Å². The van der Waals surface area contributed by atoms with Gasteiger partial charge >= 0.3 is 5.97 Å². The molecule has 1 atom stereocenters. The second-order valence-electron chi connectivity index (χ2n) is 3.22. The molecule has 0 saturated heterocycles. The molecule has 17 heavy (non-hydrogen) atoms. The lowest BCUT2D eigenvalue weighted by atomic mass is 10.3. The molecule has 0 spiro atoms. The minimum atomic E-state index is -1.11. The number of carbonyl (C=O) groups excluding carboxylic acids is 1. The van der Waals surface area contributed by atoms with E-state index >= 15 is 0 Å². The smallest absolute Gasteiger partial charge is 0.334 e. The standard InChI is InChI=1S/C10H19NO6/c1-15-5-6-17-4-3-9(12)11-7-8(16-2)10(13)14/h8H,3-7H2,1-2H3,(H,11,12)(H,13,14). The van der Waals surface area contributed by atoms with E-state index in [1.807, 2.05) is 0 Å². The van der Waals surface area contributed by atoms with Gasteiger partial charge in [-0.3, -0.25) is 4.79 Å². The topological polar surface area (TPSA) is 94.1 Å². The zero-order chi connectivity index (χ0) is 13.1. The van der Waals surface area contributed by atoms with Gasteiger partial charge in [-0.25, -0.2) is 4.79 Å². The van der Waals surface area contributed by atoms with Crippen molar-refractivity contribution in [3.05, 3.63) is 0 Å². The zero-order valence-electron chi connectivity index (χ0n) is 10.1. The number of hydrogen-bond donors (Lipinski definition) is 2. The highest BCUT2D eigenvalue weighted by Crippen LogP contribution is 1.89. The van der Waals surface area contributed by atoms with Crippen molar-refractivity contribution < 1.29 is 28.9 Å². The van der Waals surface area contributed by atoms with Gasteiger partial charge in [-0.2, -0.15) is 0 Å². The van der Waals surface area contributed by atoms with Gasteiger partial charge in [0.25, 0.3) is 0 Å². The van der Waals surface area contributed by atoms with Crippen molar-refractivity contribution in [2.45, 2.75) is 12.5 Å². The molecular formula is C10H19NO6. The molecule has 0 fully saturated rings. The van der Waals surface area contributed by atoms with Crippen LogP contribution < -0.4 is 5.32 Å². The molecule has 0 saturated carbocycles. The number of carbonyl (C=O) groups is 2. The fourth-order valence-corrected chi connectivity index (χ4v) is 0.976. The lowest BCUT2D eigenvalue weighted by molar-refractivity contribution is -0.148. The Bertz CT molecular complexity index is 233. The molecule has 0 bridgehead atoms. The summed E-state index contributed by atoms with van der Waals surface area (Å²) in [7, 11) is 2.84. The first-order chi connectivity index (χ1) is 8.11. The number of carboxylic acid groups (broad SMARTS) is 1. The highest BCUT2D eigenvalue weighted by Gasteiger charge is 2.16. The highest BCUT2D eigenvalue weighted by molar-refractivity contribution is 5.78. The Morgan fingerprint density at radius 2 is 1.94 bits per heavy atom. The van der Waals surface area contributed by atoms with Crippen LogP contribution in [0.3, 0.4) is 0 Å². The summed E-state index contributed by atoms with van der Waals surface area (Å²) in [5.41, 5.74) is 0. The fourth-order valence-electron chi connectivity index (χ4n) is 0.976. The normalized spacial score (nSPS) is 12.1. The van der Waals surface area contributed by atoms with Crippen LogP contribution in [-0.2, 0) is 23.8 Å². The SMILES string of the molecule is COCCOCCC(=O)NCC(OC)C(=O)O. The summed E-state index contributed by atoms with van der Waals surface area (Å²) in [6.07, 6.45) is -0.840. The van der Waals surface area contributed by atoms with Gasteiger partial charge in [-0.05, 0) is 0 Å². The summed E-state index contributed by atoms with van der Waals surface area (Å²) in [5, 5.41) is 11.1. The van der Waals surface area contributed by atoms with E-state index in [1.54, 1.807) is 7.11 Å². The van der Waals surface area contributed by atoms with Crippen molar-refractivity contribution in [2.75, 3.05) is 40.6 Å². The maximum Gasteiger partial charge on any atom is 0.334 e. The minimum absolute atomic E-state index is 0.0528. The van der Waals surface area contributed by atoms with E-state index in [9.17, 15) is 9.59 Å². The van der Waals surface area contributed by atoms with E-state index in [0.717, 1.165) is 0 Å². The number of hydrogen-bond acceptors (Lipinski definition) is 5. The van der Waals surface area contributed by atoms with Crippen molar-refractivity contribution in [1.29, 1.82) is 0 Å². The number of rotatable bonds is 10. The second-order valence-corrected chi connectivity index (χ2v) is 3.22. The third kappa shape index (κ3) is 8.61. The zero-order valence-corrected chi connectivity index (χ0v) is 10.1. The Labute approximate surface area is 100 Å². The predicted octanol–water partition coefficient (Wildman–Crippen LogP) is -0.745. The van der Waals surface area contributed by atoms with Crippen LogP contribution in [0.5, 0.6) is 0 Å². The van der Waals surface area contributed by atoms with Gasteiger partial charge in [-0.15, -0.1) is 0 Å². The fraction of sp³-hybridized carbons (Fsp3) is 0.800. The van der Waals surface area contributed by atoms with Crippen LogP contribution in [0.2, 0.25) is 0 Å². The van der Waals surface area contributed by atoms with Crippen molar-refractivity contribution in [2.24, 2.45) is 0 Å². The van der Waals surface area contributed by atoms with E-state index in [2.05, 4.69) is 10.1 Å². The predicted molar refractivity (Wildman–Crippen MR) is 58.8 cm³/mol. The molecule has 0 aliphatic rings. The summed E-state index contributed by atoms with van der Waals surface area (Å²) >= 11 is 0. The molecule has 0 aliphatic heterocycles. The number of nitrogens with one attached hydrogen (secondary N) is 1. The number of carboxylic acids is 1. The van der Waals surface area contributed by atoms with Gasteiger partial charge in [0, 0.05) is 20.6 Å². The molecule has 100 valence electrons. The van der Waals surface area contributed by atoms with Gasteiger partial charge in [0.1, 0.15) is 0 Å². The maximum atomic E-state index is 11.2. The first kappa shape index (κ1) is 15.8. The summed E-state index contributed by atoms with van der Waals surface area (Å²) in [6.45, 7) is 1.13. The van der Waals surface area contributed by atoms with E-state index in [1.165, 1.54) is 7.11 Å². The van der Waals surface area contributed by atoms with Crippen LogP contribution in [0.1, 0.15) is 6.42 Å². The Hall–Kier alpha value is -1.18. The third-order valence-corrected chi connectivity index (χ3v) is 1.95. The molecule has 0 radical (unpaired) electrons. The van der Waals surface area contributed by atoms with Gasteiger partial charge < -0.3 is 24.6 Å². The second kappa shape index (κ2) is 10.0. The summed E-state index contributed by atoms with van der Waals surface area (Å²) < 4.78 is 14.5. The van der Waals surface area contributed by atoms with Crippen LogP contribution in [0.25, 0.3) is 0 Å². The molecule has 1 amide bonds. The van der Waals surface area contributed by atoms with Crippen molar-refractivity contribution in [1.82, 2.24) is 5.32 Å². The summed E-state index contributed by atoms with van der Waals surface area (Å²) in [5.74, 6) is -1.38. The molecule has 0 rings (SSSR count). The Balaban J connectivity index is 3.55. The molecule has 7 heteroatoms. The molecule has 1 unspecified atom stereocenters. The van der Waals surface area contributed by atoms with E-state index in [-0.39, 0.29) is 25.5 Å². The van der Waals surface area contributed by atoms with E-state index in [0.29, 0.717) is 13.2 Å². The van der Waals surface area contributed by atoms with Gasteiger partial charge in [0.15, 0.2) is 6.10 Å². The molecular weight excluding hydrogens is 230 g/mol. The molecule has 0 aromatic heterocycles. The maximum absolute atomic E-state index is 11.2. The Kier molecular flexibility index (Phi) is 9.31. The summed E-state index contributed by atoms with van der Waals surface area (Å²) in [6, 6.07) is 0. The van der Waals surface area contributed by atoms with E-state index < -0.39 is 12.1 Å². The number of aliphatic carboxylic acids is 1. The molecule has 0 aromatic carbocycles. The van der Waals surface area contributed by atoms with E-state index in [4.69, 9.17) is 14.6 Å². The third-order valence-electron chi connectivity index (χ3n) is 1.95. The van der Waals surface area contributed by atoms with Gasteiger partial charge in [-0.1, -0.05) is 0 Å². The Morgan fingerprint density at radius 3 is 2.47 bits per heavy atom. The van der Waals surface area contributed by atoms with Gasteiger partial charge in [0.2, 0.25) is 5.91 Å². The number of ether oxygens (including phenoxy) is 3. The van der Waals surface area contributed by atoms with Crippen LogP contribution in [0.4, 0.5) is 0 Å². The monoisotopic (exact) mass is 249 g/mol. The average Bonchev–Trinajstić information content (AvgIpc) is 2.29. The van der Waals surface area contributed by atoms with Crippen LogP contribution >= 0.6 is 0 Å². The van der Waals surface area contributed by atoms with Crippen LogP contribution in [0.15, 0.2) is 0 Å². The number of amides is 1. The van der Waals surface area contributed by atoms with Crippen LogP contribution in [0, 0.1) is 0 Å².